The van der Waals surface area contributed by atoms with E-state index in [9.17, 15) is 31.9 Å². The van der Waals surface area contributed by atoms with Crippen molar-refractivity contribution in [3.8, 4) is 5.75 Å². The number of ether oxygens (including phenoxy) is 1. The van der Waals surface area contributed by atoms with Crippen LogP contribution in [0.3, 0.4) is 0 Å². The van der Waals surface area contributed by atoms with Crippen molar-refractivity contribution in [2.75, 3.05) is 18.1 Å². The first-order chi connectivity index (χ1) is 12.2. The van der Waals surface area contributed by atoms with E-state index in [0.717, 1.165) is 17.0 Å². The summed E-state index contributed by atoms with van der Waals surface area (Å²) in [6.45, 7) is 0.0778. The lowest BCUT2D eigenvalue weighted by atomic mass is 10.1. The minimum Gasteiger partial charge on any atom is -0.489 e. The van der Waals surface area contributed by atoms with Gasteiger partial charge in [-0.05, 0) is 18.6 Å². The summed E-state index contributed by atoms with van der Waals surface area (Å²) in [6.07, 6.45) is -5.67. The minimum absolute atomic E-state index is 0.0329. The number of alkyl halides is 3. The quantitative estimate of drug-likeness (QED) is 0.733. The molecule has 0 aromatic heterocycles. The molecule has 140 valence electrons. The summed E-state index contributed by atoms with van der Waals surface area (Å²) in [5.41, 5.74) is 0.212. The lowest BCUT2D eigenvalue weighted by molar-refractivity contribution is -0.238. The Morgan fingerprint density at radius 2 is 2.00 bits per heavy atom. The van der Waals surface area contributed by atoms with Gasteiger partial charge < -0.3 is 14.5 Å². The number of carbonyl (C=O) groups excluding carboxylic acids is 3. The second-order valence-electron chi connectivity index (χ2n) is 5.60. The first-order valence-electron chi connectivity index (χ1n) is 7.53. The summed E-state index contributed by atoms with van der Waals surface area (Å²) in [5, 5.41) is 0.164. The molecule has 1 fully saturated rings. The Morgan fingerprint density at radius 3 is 2.69 bits per heavy atom. The van der Waals surface area contributed by atoms with Crippen molar-refractivity contribution in [3.05, 3.63) is 24.0 Å². The Hall–Kier alpha value is -2.85. The molecule has 2 amide bonds. The third kappa shape index (κ3) is 3.28. The molecule has 7 nitrogen and oxygen atoms in total. The SMILES string of the molecule is O=C([C@@H]1CCC(=O)N1OC(=O)C(F)(F)F)N1CCOc2cc(F)ccc21. The van der Waals surface area contributed by atoms with Gasteiger partial charge in [0.05, 0.1) is 12.2 Å². The molecule has 1 aromatic carbocycles. The van der Waals surface area contributed by atoms with Crippen LogP contribution in [0.4, 0.5) is 23.2 Å². The topological polar surface area (TPSA) is 76.2 Å². The van der Waals surface area contributed by atoms with Crippen LogP contribution < -0.4 is 9.64 Å². The molecule has 1 atom stereocenters. The molecule has 0 spiro atoms. The molecule has 2 heterocycles. The van der Waals surface area contributed by atoms with E-state index in [1.807, 2.05) is 0 Å². The lowest BCUT2D eigenvalue weighted by Crippen LogP contribution is -2.50. The molecule has 0 saturated carbocycles. The first-order valence-corrected chi connectivity index (χ1v) is 7.53. The molecule has 11 heteroatoms. The Labute approximate surface area is 144 Å². The van der Waals surface area contributed by atoms with Gasteiger partial charge in [-0.2, -0.15) is 18.2 Å². The highest BCUT2D eigenvalue weighted by Gasteiger charge is 2.48. The average molecular weight is 376 g/mol. The largest absolute Gasteiger partial charge is 0.493 e. The smallest absolute Gasteiger partial charge is 0.489 e. The average Bonchev–Trinajstić information content (AvgIpc) is 2.93. The summed E-state index contributed by atoms with van der Waals surface area (Å²) in [6, 6.07) is 2.04. The van der Waals surface area contributed by atoms with E-state index in [0.29, 0.717) is 0 Å². The van der Waals surface area contributed by atoms with Gasteiger partial charge in [0, 0.05) is 12.5 Å². The van der Waals surface area contributed by atoms with E-state index < -0.39 is 35.8 Å². The Kier molecular flexibility index (Phi) is 4.46. The predicted molar refractivity (Wildman–Crippen MR) is 76.3 cm³/mol. The predicted octanol–water partition coefficient (Wildman–Crippen LogP) is 1.56. The summed E-state index contributed by atoms with van der Waals surface area (Å²) in [4.78, 5) is 40.8. The third-order valence-corrected chi connectivity index (χ3v) is 3.91. The van der Waals surface area contributed by atoms with Gasteiger partial charge in [0.1, 0.15) is 24.2 Å². The van der Waals surface area contributed by atoms with Crippen LogP contribution in [0.15, 0.2) is 18.2 Å². The molecule has 0 aliphatic carbocycles. The summed E-state index contributed by atoms with van der Waals surface area (Å²) < 4.78 is 55.7. The fourth-order valence-electron chi connectivity index (χ4n) is 2.74. The van der Waals surface area contributed by atoms with Crippen molar-refractivity contribution in [1.82, 2.24) is 5.06 Å². The van der Waals surface area contributed by atoms with Crippen LogP contribution in [0.2, 0.25) is 0 Å². The van der Waals surface area contributed by atoms with Crippen molar-refractivity contribution in [3.63, 3.8) is 0 Å². The zero-order valence-electron chi connectivity index (χ0n) is 13.1. The number of hydrogen-bond donors (Lipinski definition) is 0. The van der Waals surface area contributed by atoms with E-state index in [1.54, 1.807) is 0 Å². The van der Waals surface area contributed by atoms with Gasteiger partial charge in [0.2, 0.25) is 0 Å². The lowest BCUT2D eigenvalue weighted by Gasteiger charge is -2.33. The van der Waals surface area contributed by atoms with Crippen LogP contribution in [0.5, 0.6) is 5.75 Å². The molecule has 1 aromatic rings. The number of rotatable bonds is 2. The van der Waals surface area contributed by atoms with E-state index in [1.165, 1.54) is 6.07 Å². The van der Waals surface area contributed by atoms with Gasteiger partial charge in [0.25, 0.3) is 11.8 Å². The van der Waals surface area contributed by atoms with Crippen LogP contribution in [0.1, 0.15) is 12.8 Å². The molecule has 0 unspecified atom stereocenters. The van der Waals surface area contributed by atoms with Crippen LogP contribution in [0, 0.1) is 5.82 Å². The molecular weight excluding hydrogens is 364 g/mol. The maximum Gasteiger partial charge on any atom is 0.493 e. The van der Waals surface area contributed by atoms with E-state index >= 15 is 0 Å². The fourth-order valence-corrected chi connectivity index (χ4v) is 2.74. The summed E-state index contributed by atoms with van der Waals surface area (Å²) in [5.74, 6) is -4.74. The molecule has 2 aliphatic rings. The van der Waals surface area contributed by atoms with E-state index in [-0.39, 0.29) is 42.5 Å². The van der Waals surface area contributed by atoms with Gasteiger partial charge in [-0.15, -0.1) is 0 Å². The zero-order chi connectivity index (χ0) is 19.1. The number of nitrogens with zero attached hydrogens (tertiary/aromatic N) is 2. The maximum atomic E-state index is 13.3. The van der Waals surface area contributed by atoms with Crippen molar-refractivity contribution in [2.24, 2.45) is 0 Å². The standard InChI is InChI=1S/C15H12F4N2O5/c16-8-1-2-9-11(7-8)25-6-5-20(9)13(23)10-3-4-12(22)21(10)26-14(24)15(17,18)19/h1-2,7,10H,3-6H2/t10-/m0/s1. The number of halogens is 4. The molecule has 1 saturated heterocycles. The van der Waals surface area contributed by atoms with E-state index in [2.05, 4.69) is 4.84 Å². The molecule has 3 rings (SSSR count). The van der Waals surface area contributed by atoms with Crippen molar-refractivity contribution >= 4 is 23.5 Å². The Bertz CT molecular complexity index is 767. The highest BCUT2D eigenvalue weighted by molar-refractivity contribution is 6.02. The second-order valence-corrected chi connectivity index (χ2v) is 5.60. The zero-order valence-corrected chi connectivity index (χ0v) is 13.1. The fraction of sp³-hybridized carbons (Fsp3) is 0.400. The molecule has 2 aliphatic heterocycles. The molecule has 0 bridgehead atoms. The number of hydrogen-bond acceptors (Lipinski definition) is 5. The van der Waals surface area contributed by atoms with Gasteiger partial charge in [-0.3, -0.25) is 9.59 Å². The van der Waals surface area contributed by atoms with Crippen LogP contribution in [-0.2, 0) is 19.2 Å². The Balaban J connectivity index is 1.83. The number of benzene rings is 1. The van der Waals surface area contributed by atoms with Crippen molar-refractivity contribution in [2.45, 2.75) is 25.1 Å². The number of amides is 2. The highest BCUT2D eigenvalue weighted by Crippen LogP contribution is 2.34. The maximum absolute atomic E-state index is 13.3. The monoisotopic (exact) mass is 376 g/mol. The van der Waals surface area contributed by atoms with Crippen molar-refractivity contribution < 1.29 is 41.5 Å². The third-order valence-electron chi connectivity index (χ3n) is 3.91. The number of carbonyl (C=O) groups is 3. The second kappa shape index (κ2) is 6.46. The number of hydroxylamine groups is 2. The summed E-state index contributed by atoms with van der Waals surface area (Å²) >= 11 is 0. The molecule has 0 radical (unpaired) electrons. The molecule has 26 heavy (non-hydrogen) atoms. The summed E-state index contributed by atoms with van der Waals surface area (Å²) in [7, 11) is 0. The normalized spacial score (nSPS) is 19.8. The van der Waals surface area contributed by atoms with Gasteiger partial charge in [0.15, 0.2) is 0 Å². The highest BCUT2D eigenvalue weighted by atomic mass is 19.4. The van der Waals surface area contributed by atoms with E-state index in [4.69, 9.17) is 4.74 Å². The van der Waals surface area contributed by atoms with Gasteiger partial charge in [-0.25, -0.2) is 9.18 Å². The number of fused-ring (bicyclic) bond motifs is 1. The van der Waals surface area contributed by atoms with Crippen LogP contribution in [-0.4, -0.2) is 48.2 Å². The van der Waals surface area contributed by atoms with Crippen LogP contribution in [0.25, 0.3) is 0 Å². The van der Waals surface area contributed by atoms with Gasteiger partial charge in [-0.1, -0.05) is 0 Å². The minimum atomic E-state index is -5.31. The van der Waals surface area contributed by atoms with Crippen molar-refractivity contribution in [1.29, 1.82) is 0 Å². The first kappa shape index (κ1) is 18.0. The Morgan fingerprint density at radius 1 is 1.27 bits per heavy atom. The molecule has 0 N–H and O–H groups in total. The van der Waals surface area contributed by atoms with Crippen LogP contribution >= 0.6 is 0 Å². The molecular formula is C15H12F4N2O5. The number of anilines is 1. The van der Waals surface area contributed by atoms with Gasteiger partial charge >= 0.3 is 12.1 Å².